The second-order valence-electron chi connectivity index (χ2n) is 6.15. The first kappa shape index (κ1) is 13.1. The van der Waals surface area contributed by atoms with E-state index in [0.717, 1.165) is 31.5 Å². The van der Waals surface area contributed by atoms with Crippen molar-refractivity contribution >= 4 is 0 Å². The van der Waals surface area contributed by atoms with Crippen molar-refractivity contribution < 1.29 is 4.74 Å². The number of rotatable bonds is 2. The van der Waals surface area contributed by atoms with E-state index in [4.69, 9.17) is 4.74 Å². The number of ether oxygens (including phenoxy) is 1. The number of nitrogens with one attached hydrogen (secondary N) is 1. The molecule has 1 aromatic rings. The van der Waals surface area contributed by atoms with Crippen LogP contribution in [0.25, 0.3) is 0 Å². The Morgan fingerprint density at radius 3 is 2.47 bits per heavy atom. The monoisotopic (exact) mass is 259 g/mol. The summed E-state index contributed by atoms with van der Waals surface area (Å²) in [6, 6.07) is 8.94. The quantitative estimate of drug-likeness (QED) is 0.875. The Morgan fingerprint density at radius 1 is 1.05 bits per heavy atom. The van der Waals surface area contributed by atoms with Gasteiger partial charge in [-0.25, -0.2) is 0 Å². The molecular weight excluding hydrogens is 234 g/mol. The van der Waals surface area contributed by atoms with E-state index < -0.39 is 0 Å². The zero-order valence-corrected chi connectivity index (χ0v) is 11.9. The molecule has 1 aliphatic heterocycles. The molecule has 1 aromatic carbocycles. The fourth-order valence-corrected chi connectivity index (χ4v) is 3.51. The predicted molar refractivity (Wildman–Crippen MR) is 78.4 cm³/mol. The Morgan fingerprint density at radius 2 is 1.79 bits per heavy atom. The minimum absolute atomic E-state index is 0.254. The highest BCUT2D eigenvalue weighted by molar-refractivity contribution is 5.33. The van der Waals surface area contributed by atoms with E-state index in [-0.39, 0.29) is 6.10 Å². The molecule has 3 rings (SSSR count). The summed E-state index contributed by atoms with van der Waals surface area (Å²) in [5.74, 6) is 1.66. The van der Waals surface area contributed by atoms with E-state index in [9.17, 15) is 0 Å². The van der Waals surface area contributed by atoms with E-state index in [1.807, 2.05) is 0 Å². The Labute approximate surface area is 116 Å². The molecule has 0 bridgehead atoms. The highest BCUT2D eigenvalue weighted by atomic mass is 16.5. The molecule has 0 spiro atoms. The van der Waals surface area contributed by atoms with Gasteiger partial charge >= 0.3 is 0 Å². The van der Waals surface area contributed by atoms with Crippen molar-refractivity contribution in [2.45, 2.75) is 44.6 Å². The summed E-state index contributed by atoms with van der Waals surface area (Å²) < 4.78 is 5.95. The maximum Gasteiger partial charge on any atom is 0.0952 e. The van der Waals surface area contributed by atoms with Gasteiger partial charge in [-0.2, -0.15) is 0 Å². The van der Waals surface area contributed by atoms with Crippen LogP contribution < -0.4 is 5.32 Å². The fraction of sp³-hybridized carbons (Fsp3) is 0.647. The van der Waals surface area contributed by atoms with Crippen molar-refractivity contribution in [3.8, 4) is 0 Å². The van der Waals surface area contributed by atoms with Crippen LogP contribution in [0.1, 0.15) is 55.8 Å². The normalized spacial score (nSPS) is 32.2. The molecule has 104 valence electrons. The molecule has 1 atom stereocenters. The van der Waals surface area contributed by atoms with Crippen LogP contribution in [-0.4, -0.2) is 19.7 Å². The number of hydrogen-bond acceptors (Lipinski definition) is 2. The summed E-state index contributed by atoms with van der Waals surface area (Å²) in [6.45, 7) is 5.16. The van der Waals surface area contributed by atoms with Gasteiger partial charge < -0.3 is 10.1 Å². The molecule has 0 radical (unpaired) electrons. The van der Waals surface area contributed by atoms with Gasteiger partial charge in [0.2, 0.25) is 0 Å². The average Bonchev–Trinajstić information content (AvgIpc) is 2.49. The first-order chi connectivity index (χ1) is 9.34. The predicted octanol–water partition coefficient (Wildman–Crippen LogP) is 3.64. The molecule has 2 heteroatoms. The molecule has 1 saturated heterocycles. The van der Waals surface area contributed by atoms with Gasteiger partial charge in [-0.1, -0.05) is 44.0 Å². The lowest BCUT2D eigenvalue weighted by molar-refractivity contribution is 0.0268. The Balaban J connectivity index is 1.80. The largest absolute Gasteiger partial charge is 0.371 e. The maximum atomic E-state index is 5.95. The standard InChI is InChI=1S/C17H25NO/c1-13-6-8-14(9-7-13)15-4-2-3-5-16(15)17-12-18-10-11-19-17/h2-5,13-14,17-18H,6-12H2,1H3. The van der Waals surface area contributed by atoms with Gasteiger partial charge in [0.1, 0.15) is 0 Å². The summed E-state index contributed by atoms with van der Waals surface area (Å²) in [5.41, 5.74) is 2.97. The van der Waals surface area contributed by atoms with Crippen LogP contribution in [0.5, 0.6) is 0 Å². The highest BCUT2D eigenvalue weighted by Gasteiger charge is 2.25. The summed E-state index contributed by atoms with van der Waals surface area (Å²) in [5, 5.41) is 3.45. The molecule has 2 fully saturated rings. The maximum absolute atomic E-state index is 5.95. The van der Waals surface area contributed by atoms with Crippen LogP contribution in [0.15, 0.2) is 24.3 Å². The smallest absolute Gasteiger partial charge is 0.0952 e. The SMILES string of the molecule is CC1CCC(c2ccccc2C2CNCCO2)CC1. The Bertz CT molecular complexity index is 403. The third-order valence-corrected chi connectivity index (χ3v) is 4.73. The number of morpholine rings is 1. The Hall–Kier alpha value is -0.860. The zero-order chi connectivity index (χ0) is 13.1. The average molecular weight is 259 g/mol. The van der Waals surface area contributed by atoms with Gasteiger partial charge in [0.05, 0.1) is 12.7 Å². The first-order valence-corrected chi connectivity index (χ1v) is 7.75. The summed E-state index contributed by atoms with van der Waals surface area (Å²) in [7, 11) is 0. The molecule has 1 heterocycles. The summed E-state index contributed by atoms with van der Waals surface area (Å²) >= 11 is 0. The van der Waals surface area contributed by atoms with Gasteiger partial charge in [-0.15, -0.1) is 0 Å². The molecule has 2 nitrogen and oxygen atoms in total. The van der Waals surface area contributed by atoms with Gasteiger partial charge in [0.25, 0.3) is 0 Å². The van der Waals surface area contributed by atoms with Crippen LogP contribution in [0.3, 0.4) is 0 Å². The lowest BCUT2D eigenvalue weighted by atomic mass is 9.77. The van der Waals surface area contributed by atoms with Crippen molar-refractivity contribution in [2.75, 3.05) is 19.7 Å². The minimum atomic E-state index is 0.254. The molecule has 0 aromatic heterocycles. The van der Waals surface area contributed by atoms with Crippen molar-refractivity contribution in [3.63, 3.8) is 0 Å². The fourth-order valence-electron chi connectivity index (χ4n) is 3.51. The van der Waals surface area contributed by atoms with Crippen LogP contribution in [0.2, 0.25) is 0 Å². The van der Waals surface area contributed by atoms with Gasteiger partial charge in [-0.3, -0.25) is 0 Å². The molecule has 2 aliphatic rings. The van der Waals surface area contributed by atoms with Crippen molar-refractivity contribution in [1.82, 2.24) is 5.32 Å². The molecule has 1 saturated carbocycles. The molecule has 19 heavy (non-hydrogen) atoms. The van der Waals surface area contributed by atoms with Gasteiger partial charge in [0.15, 0.2) is 0 Å². The summed E-state index contributed by atoms with van der Waals surface area (Å²) in [4.78, 5) is 0. The van der Waals surface area contributed by atoms with E-state index >= 15 is 0 Å². The molecule has 1 N–H and O–H groups in total. The van der Waals surface area contributed by atoms with Crippen molar-refractivity contribution in [3.05, 3.63) is 35.4 Å². The lowest BCUT2D eigenvalue weighted by Crippen LogP contribution is -2.34. The highest BCUT2D eigenvalue weighted by Crippen LogP contribution is 2.38. The van der Waals surface area contributed by atoms with E-state index in [0.29, 0.717) is 0 Å². The molecular formula is C17H25NO. The first-order valence-electron chi connectivity index (χ1n) is 7.75. The lowest BCUT2D eigenvalue weighted by Gasteiger charge is -2.31. The van der Waals surface area contributed by atoms with E-state index in [1.54, 1.807) is 5.56 Å². The van der Waals surface area contributed by atoms with E-state index in [2.05, 4.69) is 36.5 Å². The van der Waals surface area contributed by atoms with Crippen LogP contribution in [-0.2, 0) is 4.74 Å². The van der Waals surface area contributed by atoms with Crippen LogP contribution in [0.4, 0.5) is 0 Å². The minimum Gasteiger partial charge on any atom is -0.371 e. The number of hydrogen-bond donors (Lipinski definition) is 1. The third kappa shape index (κ3) is 3.01. The molecule has 1 unspecified atom stereocenters. The topological polar surface area (TPSA) is 21.3 Å². The Kier molecular flexibility index (Phi) is 4.19. The van der Waals surface area contributed by atoms with Crippen LogP contribution >= 0.6 is 0 Å². The number of benzene rings is 1. The van der Waals surface area contributed by atoms with Crippen LogP contribution in [0, 0.1) is 5.92 Å². The zero-order valence-electron chi connectivity index (χ0n) is 11.9. The van der Waals surface area contributed by atoms with Crippen molar-refractivity contribution in [1.29, 1.82) is 0 Å². The van der Waals surface area contributed by atoms with Gasteiger partial charge in [0, 0.05) is 13.1 Å². The molecule has 0 amide bonds. The van der Waals surface area contributed by atoms with Gasteiger partial charge in [-0.05, 0) is 35.8 Å². The second kappa shape index (κ2) is 6.06. The third-order valence-electron chi connectivity index (χ3n) is 4.73. The molecule has 1 aliphatic carbocycles. The van der Waals surface area contributed by atoms with E-state index in [1.165, 1.54) is 31.2 Å². The summed E-state index contributed by atoms with van der Waals surface area (Å²) in [6.07, 6.45) is 5.70. The van der Waals surface area contributed by atoms with Crippen molar-refractivity contribution in [2.24, 2.45) is 5.92 Å². The second-order valence-corrected chi connectivity index (χ2v) is 6.15.